The Bertz CT molecular complexity index is 457. The molecule has 0 bridgehead atoms. The average molecular weight is 294 g/mol. The maximum Gasteiger partial charge on any atom is 0.241 e. The first-order valence-corrected chi connectivity index (χ1v) is 7.14. The average Bonchev–Trinajstić information content (AvgIpc) is 2.40. The van der Waals surface area contributed by atoms with Gasteiger partial charge in [-0.1, -0.05) is 19.1 Å². The van der Waals surface area contributed by atoms with E-state index < -0.39 is 0 Å². The lowest BCUT2D eigenvalue weighted by Crippen LogP contribution is -2.41. The zero-order valence-corrected chi connectivity index (χ0v) is 13.2. The molecule has 0 aromatic heterocycles. The van der Waals surface area contributed by atoms with Crippen LogP contribution in [0.3, 0.4) is 0 Å². The summed E-state index contributed by atoms with van der Waals surface area (Å²) in [6.45, 7) is 2.74. The number of carbonyl (C=O) groups excluding carboxylic acids is 2. The summed E-state index contributed by atoms with van der Waals surface area (Å²) in [4.78, 5) is 28.0. The van der Waals surface area contributed by atoms with Gasteiger partial charge in [0.15, 0.2) is 0 Å². The molecule has 20 heavy (non-hydrogen) atoms. The van der Waals surface area contributed by atoms with Crippen molar-refractivity contribution in [1.82, 2.24) is 9.80 Å². The molecule has 0 fully saturated rings. The molecular weight excluding hydrogens is 272 g/mol. The van der Waals surface area contributed by atoms with E-state index in [-0.39, 0.29) is 18.4 Å². The second kappa shape index (κ2) is 7.94. The van der Waals surface area contributed by atoms with Crippen LogP contribution >= 0.6 is 12.6 Å². The summed E-state index contributed by atoms with van der Waals surface area (Å²) in [7, 11) is 3.39. The fourth-order valence-electron chi connectivity index (χ4n) is 1.77. The van der Waals surface area contributed by atoms with E-state index in [0.717, 1.165) is 16.9 Å². The molecule has 4 nitrogen and oxygen atoms in total. The number of thiol groups is 1. The van der Waals surface area contributed by atoms with Gasteiger partial charge in [-0.3, -0.25) is 9.59 Å². The van der Waals surface area contributed by atoms with Gasteiger partial charge in [0.2, 0.25) is 11.8 Å². The second-order valence-electron chi connectivity index (χ2n) is 4.95. The molecule has 0 saturated heterocycles. The minimum atomic E-state index is -0.0579. The fourth-order valence-corrected chi connectivity index (χ4v) is 1.92. The standard InChI is InChI=1S/C15H22N2O2S/c1-4-9-17(11-15(19)16(2)3)14(18)10-12-5-7-13(20)8-6-12/h5-8,20H,4,9-11H2,1-3H3. The molecule has 0 aliphatic heterocycles. The molecule has 2 amide bonds. The van der Waals surface area contributed by atoms with Crippen molar-refractivity contribution in [2.75, 3.05) is 27.2 Å². The summed E-state index contributed by atoms with van der Waals surface area (Å²) in [6.07, 6.45) is 1.15. The zero-order valence-electron chi connectivity index (χ0n) is 12.3. The molecule has 0 saturated carbocycles. The summed E-state index contributed by atoms with van der Waals surface area (Å²) in [6, 6.07) is 7.50. The third-order valence-electron chi connectivity index (χ3n) is 2.96. The Morgan fingerprint density at radius 2 is 1.70 bits per heavy atom. The lowest BCUT2D eigenvalue weighted by Gasteiger charge is -2.23. The van der Waals surface area contributed by atoms with Crippen LogP contribution in [0.4, 0.5) is 0 Å². The highest BCUT2D eigenvalue weighted by molar-refractivity contribution is 7.80. The number of benzene rings is 1. The molecule has 1 rings (SSSR count). The van der Waals surface area contributed by atoms with Crippen molar-refractivity contribution in [1.29, 1.82) is 0 Å². The summed E-state index contributed by atoms with van der Waals surface area (Å²) >= 11 is 4.22. The highest BCUT2D eigenvalue weighted by Crippen LogP contribution is 2.09. The van der Waals surface area contributed by atoms with E-state index in [1.165, 1.54) is 4.90 Å². The normalized spacial score (nSPS) is 10.2. The molecule has 0 spiro atoms. The topological polar surface area (TPSA) is 40.6 Å². The Morgan fingerprint density at radius 3 is 2.20 bits per heavy atom. The van der Waals surface area contributed by atoms with Crippen LogP contribution in [0.1, 0.15) is 18.9 Å². The van der Waals surface area contributed by atoms with E-state index in [4.69, 9.17) is 0 Å². The van der Waals surface area contributed by atoms with Crippen molar-refractivity contribution in [3.8, 4) is 0 Å². The molecule has 0 aliphatic carbocycles. The quantitative estimate of drug-likeness (QED) is 0.813. The Labute approximate surface area is 126 Å². The molecule has 110 valence electrons. The van der Waals surface area contributed by atoms with Crippen LogP contribution < -0.4 is 0 Å². The molecule has 0 radical (unpaired) electrons. The van der Waals surface area contributed by atoms with E-state index in [9.17, 15) is 9.59 Å². The van der Waals surface area contributed by atoms with Gasteiger partial charge in [-0.25, -0.2) is 0 Å². The van der Waals surface area contributed by atoms with E-state index >= 15 is 0 Å². The van der Waals surface area contributed by atoms with Crippen LogP contribution in [0.5, 0.6) is 0 Å². The van der Waals surface area contributed by atoms with Gasteiger partial charge in [-0.2, -0.15) is 0 Å². The van der Waals surface area contributed by atoms with Crippen molar-refractivity contribution in [2.45, 2.75) is 24.7 Å². The first kappa shape index (κ1) is 16.6. The van der Waals surface area contributed by atoms with Gasteiger partial charge in [-0.05, 0) is 24.1 Å². The number of hydrogen-bond acceptors (Lipinski definition) is 3. The number of amides is 2. The second-order valence-corrected chi connectivity index (χ2v) is 5.46. The van der Waals surface area contributed by atoms with Crippen molar-refractivity contribution < 1.29 is 9.59 Å². The van der Waals surface area contributed by atoms with Crippen LogP contribution in [0, 0.1) is 0 Å². The number of hydrogen-bond donors (Lipinski definition) is 1. The van der Waals surface area contributed by atoms with Gasteiger partial charge >= 0.3 is 0 Å². The van der Waals surface area contributed by atoms with Crippen LogP contribution in [0.15, 0.2) is 29.2 Å². The van der Waals surface area contributed by atoms with Gasteiger partial charge in [-0.15, -0.1) is 12.6 Å². The monoisotopic (exact) mass is 294 g/mol. The number of carbonyl (C=O) groups is 2. The first-order valence-electron chi connectivity index (χ1n) is 6.70. The number of likely N-dealkylation sites (N-methyl/N-ethyl adjacent to an activating group) is 1. The third-order valence-corrected chi connectivity index (χ3v) is 3.26. The van der Waals surface area contributed by atoms with Gasteiger partial charge in [0.25, 0.3) is 0 Å². The van der Waals surface area contributed by atoms with Crippen molar-refractivity contribution in [3.05, 3.63) is 29.8 Å². The summed E-state index contributed by atoms with van der Waals surface area (Å²) in [5.74, 6) is -0.0773. The summed E-state index contributed by atoms with van der Waals surface area (Å²) < 4.78 is 0. The Kier molecular flexibility index (Phi) is 6.58. The van der Waals surface area contributed by atoms with Gasteiger partial charge in [0, 0.05) is 25.5 Å². The molecule has 1 aromatic rings. The first-order chi connectivity index (χ1) is 9.43. The lowest BCUT2D eigenvalue weighted by atomic mass is 10.1. The van der Waals surface area contributed by atoms with E-state index in [1.54, 1.807) is 19.0 Å². The van der Waals surface area contributed by atoms with Crippen molar-refractivity contribution in [3.63, 3.8) is 0 Å². The van der Waals surface area contributed by atoms with Gasteiger partial charge < -0.3 is 9.80 Å². The maximum atomic E-state index is 12.3. The summed E-state index contributed by atoms with van der Waals surface area (Å²) in [5.41, 5.74) is 0.936. The van der Waals surface area contributed by atoms with Crippen molar-refractivity contribution in [2.24, 2.45) is 0 Å². The van der Waals surface area contributed by atoms with Crippen LogP contribution in [0.25, 0.3) is 0 Å². The van der Waals surface area contributed by atoms with Gasteiger partial charge in [0.05, 0.1) is 13.0 Å². The molecule has 1 aromatic carbocycles. The number of rotatable bonds is 6. The zero-order chi connectivity index (χ0) is 15.1. The molecule has 0 heterocycles. The van der Waals surface area contributed by atoms with Crippen LogP contribution in [-0.4, -0.2) is 48.8 Å². The maximum absolute atomic E-state index is 12.3. The van der Waals surface area contributed by atoms with Gasteiger partial charge in [0.1, 0.15) is 0 Å². The fraction of sp³-hybridized carbons (Fsp3) is 0.467. The molecule has 0 atom stereocenters. The Morgan fingerprint density at radius 1 is 1.10 bits per heavy atom. The molecule has 0 aliphatic rings. The predicted octanol–water partition coefficient (Wildman–Crippen LogP) is 1.84. The SMILES string of the molecule is CCCN(CC(=O)N(C)C)C(=O)Cc1ccc(S)cc1. The molecular formula is C15H22N2O2S. The predicted molar refractivity (Wildman–Crippen MR) is 83.0 cm³/mol. The third kappa shape index (κ3) is 5.25. The molecule has 0 unspecified atom stereocenters. The van der Waals surface area contributed by atoms with Crippen molar-refractivity contribution >= 4 is 24.4 Å². The minimum absolute atomic E-state index is 0.0195. The Balaban J connectivity index is 2.68. The Hall–Kier alpha value is -1.49. The van der Waals surface area contributed by atoms with Crippen LogP contribution in [0.2, 0.25) is 0 Å². The number of nitrogens with zero attached hydrogens (tertiary/aromatic N) is 2. The molecule has 5 heteroatoms. The van der Waals surface area contributed by atoms with E-state index in [0.29, 0.717) is 13.0 Å². The van der Waals surface area contributed by atoms with Crippen LogP contribution in [-0.2, 0) is 16.0 Å². The lowest BCUT2D eigenvalue weighted by molar-refractivity contribution is -0.138. The highest BCUT2D eigenvalue weighted by Gasteiger charge is 2.17. The largest absolute Gasteiger partial charge is 0.347 e. The smallest absolute Gasteiger partial charge is 0.241 e. The van der Waals surface area contributed by atoms with E-state index in [1.807, 2.05) is 31.2 Å². The summed E-state index contributed by atoms with van der Waals surface area (Å²) in [5, 5.41) is 0. The minimum Gasteiger partial charge on any atom is -0.347 e. The molecule has 0 N–H and O–H groups in total. The highest BCUT2D eigenvalue weighted by atomic mass is 32.1. The van der Waals surface area contributed by atoms with E-state index in [2.05, 4.69) is 12.6 Å².